The normalized spacial score (nSPS) is 16.7. The number of para-hydroxylation sites is 2. The fraction of sp³-hybridized carbons (Fsp3) is 0.0816. The molecule has 2 heterocycles. The Labute approximate surface area is 304 Å². The summed E-state index contributed by atoms with van der Waals surface area (Å²) >= 11 is 0. The van der Waals surface area contributed by atoms with E-state index in [9.17, 15) is 0 Å². The zero-order valence-electron chi connectivity index (χ0n) is 28.8. The molecule has 0 bridgehead atoms. The molecule has 1 aromatic heterocycles. The second kappa shape index (κ2) is 12.7. The molecule has 0 fully saturated rings. The van der Waals surface area contributed by atoms with Crippen LogP contribution in [0.3, 0.4) is 0 Å². The molecule has 8 aromatic rings. The maximum Gasteiger partial charge on any atom is 0.145 e. The van der Waals surface area contributed by atoms with Gasteiger partial charge in [-0.2, -0.15) is 0 Å². The molecule has 2 aliphatic rings. The van der Waals surface area contributed by atoms with Crippen LogP contribution in [0.1, 0.15) is 51.9 Å². The highest BCUT2D eigenvalue weighted by Crippen LogP contribution is 2.43. The first-order chi connectivity index (χ1) is 25.8. The lowest BCUT2D eigenvalue weighted by molar-refractivity contribution is 0.663. The number of fused-ring (bicyclic) bond motifs is 6. The van der Waals surface area contributed by atoms with Gasteiger partial charge in [-0.15, -0.1) is 0 Å². The number of aromatic nitrogens is 1. The van der Waals surface area contributed by atoms with E-state index in [-0.39, 0.29) is 12.1 Å². The van der Waals surface area contributed by atoms with Crippen LogP contribution in [0.15, 0.2) is 187 Å². The zero-order chi connectivity index (χ0) is 34.4. The number of nitrogens with zero attached hydrogens (tertiary/aromatic N) is 2. The molecule has 3 nitrogen and oxygen atoms in total. The number of hydrogen-bond acceptors (Lipinski definition) is 2. The van der Waals surface area contributed by atoms with Crippen molar-refractivity contribution >= 4 is 33.2 Å². The molecule has 1 aliphatic carbocycles. The van der Waals surface area contributed by atoms with E-state index in [1.54, 1.807) is 0 Å². The van der Waals surface area contributed by atoms with Gasteiger partial charge in [0.1, 0.15) is 6.17 Å². The van der Waals surface area contributed by atoms with Crippen molar-refractivity contribution in [1.29, 1.82) is 0 Å². The average molecular weight is 668 g/mol. The Morgan fingerprint density at radius 2 is 1.17 bits per heavy atom. The summed E-state index contributed by atoms with van der Waals surface area (Å²) in [6.45, 7) is 0. The Morgan fingerprint density at radius 1 is 0.538 bits per heavy atom. The first-order valence-electron chi connectivity index (χ1n) is 18.3. The predicted octanol–water partition coefficient (Wildman–Crippen LogP) is 11.7. The fourth-order valence-electron chi connectivity index (χ4n) is 8.43. The molecule has 248 valence electrons. The maximum atomic E-state index is 5.25. The first-order valence-corrected chi connectivity index (χ1v) is 18.3. The maximum absolute atomic E-state index is 5.25. The van der Waals surface area contributed by atoms with Crippen LogP contribution in [-0.4, -0.2) is 10.3 Å². The Morgan fingerprint density at radius 3 is 1.94 bits per heavy atom. The number of benzene rings is 7. The van der Waals surface area contributed by atoms with Crippen LogP contribution >= 0.6 is 0 Å². The second-order valence-corrected chi connectivity index (χ2v) is 13.9. The van der Waals surface area contributed by atoms with E-state index in [2.05, 4.69) is 192 Å². The standard InChI is InChI=1S/C49H37N3/c1-3-16-34(17-4-1)45-32-46(51-49(50-45)35-18-5-2-6-19-35)37-29-36(40-28-27-33-15-7-8-20-39(33)41-21-9-10-22-42(40)41)30-38(31-37)52-47-25-13-11-23-43(47)44-24-12-14-26-48(44)52/h1-26,29-32,40,49,51H,27-28H2. The summed E-state index contributed by atoms with van der Waals surface area (Å²) in [5.74, 6) is 0.215. The van der Waals surface area contributed by atoms with E-state index < -0.39 is 0 Å². The number of aliphatic imine (C=N–C) groups is 1. The van der Waals surface area contributed by atoms with Gasteiger partial charge in [-0.25, -0.2) is 0 Å². The predicted molar refractivity (Wildman–Crippen MR) is 216 cm³/mol. The molecule has 0 spiro atoms. The molecule has 0 radical (unpaired) electrons. The summed E-state index contributed by atoms with van der Waals surface area (Å²) in [4.78, 5) is 5.25. The van der Waals surface area contributed by atoms with Crippen molar-refractivity contribution in [1.82, 2.24) is 9.88 Å². The van der Waals surface area contributed by atoms with E-state index in [1.807, 2.05) is 0 Å². The highest BCUT2D eigenvalue weighted by molar-refractivity contribution is 6.13. The Bertz CT molecular complexity index is 2610. The van der Waals surface area contributed by atoms with Gasteiger partial charge in [0.25, 0.3) is 0 Å². The van der Waals surface area contributed by atoms with Crippen LogP contribution in [0, 0.1) is 0 Å². The summed E-state index contributed by atoms with van der Waals surface area (Å²) in [6, 6.07) is 64.0. The van der Waals surface area contributed by atoms with Crippen LogP contribution in [0.2, 0.25) is 0 Å². The molecule has 0 saturated carbocycles. The number of hydrogen-bond donors (Lipinski definition) is 1. The lowest BCUT2D eigenvalue weighted by Gasteiger charge is -2.27. The zero-order valence-corrected chi connectivity index (χ0v) is 28.8. The van der Waals surface area contributed by atoms with Gasteiger partial charge in [0.05, 0.1) is 16.7 Å². The minimum absolute atomic E-state index is 0.215. The summed E-state index contributed by atoms with van der Waals surface area (Å²) in [5, 5.41) is 6.40. The summed E-state index contributed by atoms with van der Waals surface area (Å²) in [5.41, 5.74) is 15.8. The first kappa shape index (κ1) is 30.4. The van der Waals surface area contributed by atoms with E-state index in [4.69, 9.17) is 4.99 Å². The Hall–Kier alpha value is -6.45. The summed E-state index contributed by atoms with van der Waals surface area (Å²) in [6.07, 6.45) is 4.07. The molecule has 1 aliphatic heterocycles. The SMILES string of the molecule is C1=C(c2cc(C3CCc4ccccc4-c4ccccc43)cc(-n3c4ccccc4c4ccccc43)c2)NC(c2ccccc2)N=C1c1ccccc1. The molecular formula is C49H37N3. The summed E-state index contributed by atoms with van der Waals surface area (Å²) < 4.78 is 2.46. The van der Waals surface area contributed by atoms with Crippen molar-refractivity contribution in [2.75, 3.05) is 0 Å². The number of rotatable bonds is 5. The van der Waals surface area contributed by atoms with E-state index in [0.717, 1.165) is 46.6 Å². The smallest absolute Gasteiger partial charge is 0.145 e. The molecule has 7 aromatic carbocycles. The molecule has 0 saturated heterocycles. The van der Waals surface area contributed by atoms with Crippen molar-refractivity contribution in [2.45, 2.75) is 24.9 Å². The third kappa shape index (κ3) is 5.25. The van der Waals surface area contributed by atoms with Crippen LogP contribution in [0.25, 0.3) is 44.3 Å². The van der Waals surface area contributed by atoms with Crippen molar-refractivity contribution < 1.29 is 0 Å². The third-order valence-corrected chi connectivity index (χ3v) is 10.9. The third-order valence-electron chi connectivity index (χ3n) is 10.9. The minimum atomic E-state index is -0.218. The highest BCUT2D eigenvalue weighted by atomic mass is 15.1. The van der Waals surface area contributed by atoms with Gasteiger partial charge in [-0.05, 0) is 88.2 Å². The number of aryl methyl sites for hydroxylation is 1. The topological polar surface area (TPSA) is 29.3 Å². The molecule has 2 atom stereocenters. The quantitative estimate of drug-likeness (QED) is 0.194. The van der Waals surface area contributed by atoms with Gasteiger partial charge >= 0.3 is 0 Å². The molecule has 1 N–H and O–H groups in total. The van der Waals surface area contributed by atoms with Crippen LogP contribution < -0.4 is 5.32 Å². The van der Waals surface area contributed by atoms with Crippen molar-refractivity contribution in [3.8, 4) is 16.8 Å². The lowest BCUT2D eigenvalue weighted by atomic mass is 9.84. The monoisotopic (exact) mass is 667 g/mol. The average Bonchev–Trinajstić information content (AvgIpc) is 3.46. The van der Waals surface area contributed by atoms with Gasteiger partial charge < -0.3 is 9.88 Å². The van der Waals surface area contributed by atoms with Gasteiger partial charge in [-0.1, -0.05) is 146 Å². The summed E-state index contributed by atoms with van der Waals surface area (Å²) in [7, 11) is 0. The molecule has 52 heavy (non-hydrogen) atoms. The number of nitrogens with one attached hydrogen (secondary N) is 1. The molecule has 0 amide bonds. The lowest BCUT2D eigenvalue weighted by Crippen LogP contribution is -2.25. The highest BCUT2D eigenvalue weighted by Gasteiger charge is 2.26. The number of allylic oxidation sites excluding steroid dienone is 1. The fourth-order valence-corrected chi connectivity index (χ4v) is 8.43. The molecule has 3 heteroatoms. The molecule has 2 unspecified atom stereocenters. The van der Waals surface area contributed by atoms with Crippen molar-refractivity contribution in [3.63, 3.8) is 0 Å². The minimum Gasteiger partial charge on any atom is -0.360 e. The van der Waals surface area contributed by atoms with E-state index >= 15 is 0 Å². The molecule has 10 rings (SSSR count). The van der Waals surface area contributed by atoms with Gasteiger partial charge in [0, 0.05) is 33.6 Å². The van der Waals surface area contributed by atoms with E-state index in [1.165, 1.54) is 49.6 Å². The van der Waals surface area contributed by atoms with Crippen molar-refractivity contribution in [2.24, 2.45) is 4.99 Å². The van der Waals surface area contributed by atoms with Crippen LogP contribution in [0.4, 0.5) is 0 Å². The van der Waals surface area contributed by atoms with E-state index in [0.29, 0.717) is 0 Å². The van der Waals surface area contributed by atoms with Crippen LogP contribution in [-0.2, 0) is 6.42 Å². The largest absolute Gasteiger partial charge is 0.360 e. The molecular weight excluding hydrogens is 631 g/mol. The van der Waals surface area contributed by atoms with Crippen molar-refractivity contribution in [3.05, 3.63) is 215 Å². The second-order valence-electron chi connectivity index (χ2n) is 13.9. The van der Waals surface area contributed by atoms with Gasteiger partial charge in [-0.3, -0.25) is 4.99 Å². The van der Waals surface area contributed by atoms with Crippen LogP contribution in [0.5, 0.6) is 0 Å². The van der Waals surface area contributed by atoms with Gasteiger partial charge in [0.2, 0.25) is 0 Å². The Kier molecular flexibility index (Phi) is 7.42. The Balaban J connectivity index is 1.21. The van der Waals surface area contributed by atoms with Gasteiger partial charge in [0.15, 0.2) is 0 Å².